The van der Waals surface area contributed by atoms with Crippen molar-refractivity contribution in [2.45, 2.75) is 68.7 Å². The van der Waals surface area contributed by atoms with Crippen LogP contribution in [0.1, 0.15) is 49.1 Å². The van der Waals surface area contributed by atoms with E-state index in [1.54, 1.807) is 17.0 Å². The molecule has 3 saturated heterocycles. The monoisotopic (exact) mass is 368 g/mol. The van der Waals surface area contributed by atoms with Crippen molar-refractivity contribution in [1.82, 2.24) is 9.80 Å². The zero-order valence-electron chi connectivity index (χ0n) is 15.2. The van der Waals surface area contributed by atoms with Crippen molar-refractivity contribution in [3.8, 4) is 6.07 Å². The summed E-state index contributed by atoms with van der Waals surface area (Å²) >= 11 is 0. The number of rotatable bonds is 3. The second-order valence-corrected chi connectivity index (χ2v) is 8.52. The molecule has 2 amide bonds. The van der Waals surface area contributed by atoms with Crippen molar-refractivity contribution < 1.29 is 14.0 Å². The molecule has 6 atom stereocenters. The third kappa shape index (κ3) is 2.58. The minimum absolute atomic E-state index is 0.0595. The number of carbonyl (C=O) groups is 2. The number of likely N-dealkylation sites (tertiary alicyclic amines) is 1. The van der Waals surface area contributed by atoms with Gasteiger partial charge in [0, 0.05) is 18.1 Å². The third-order valence-electron chi connectivity index (χ3n) is 7.04. The zero-order chi connectivity index (χ0) is 18.7. The number of carbonyl (C=O) groups excluding carboxylic acids is 2. The molecule has 1 saturated carbocycles. The number of hydrogen-bond acceptors (Lipinski definition) is 5. The second-order valence-electron chi connectivity index (χ2n) is 8.52. The lowest BCUT2D eigenvalue weighted by Gasteiger charge is -2.41. The first-order valence-corrected chi connectivity index (χ1v) is 9.92. The van der Waals surface area contributed by atoms with Gasteiger partial charge in [-0.2, -0.15) is 5.26 Å². The Kier molecular flexibility index (Phi) is 3.80. The van der Waals surface area contributed by atoms with E-state index in [1.807, 2.05) is 4.90 Å². The average molecular weight is 368 g/mol. The van der Waals surface area contributed by atoms with Gasteiger partial charge in [0.15, 0.2) is 5.76 Å². The van der Waals surface area contributed by atoms with Gasteiger partial charge >= 0.3 is 0 Å². The third-order valence-corrected chi connectivity index (χ3v) is 7.04. The summed E-state index contributed by atoms with van der Waals surface area (Å²) in [4.78, 5) is 29.5. The van der Waals surface area contributed by atoms with Gasteiger partial charge in [-0.25, -0.2) is 0 Å². The van der Waals surface area contributed by atoms with Crippen molar-refractivity contribution in [2.75, 3.05) is 0 Å². The number of hydrogen-bond donors (Lipinski definition) is 1. The van der Waals surface area contributed by atoms with Gasteiger partial charge in [0.05, 0.1) is 18.4 Å². The van der Waals surface area contributed by atoms with Crippen LogP contribution in [0, 0.1) is 23.2 Å². The van der Waals surface area contributed by atoms with E-state index >= 15 is 0 Å². The summed E-state index contributed by atoms with van der Waals surface area (Å²) < 4.78 is 5.29. The van der Waals surface area contributed by atoms with Crippen LogP contribution in [-0.2, 0) is 4.79 Å². The van der Waals surface area contributed by atoms with Crippen LogP contribution < -0.4 is 5.73 Å². The molecule has 0 spiro atoms. The lowest BCUT2D eigenvalue weighted by atomic mass is 9.84. The minimum Gasteiger partial charge on any atom is -0.459 e. The summed E-state index contributed by atoms with van der Waals surface area (Å²) in [5.74, 6) is 0.805. The maximum Gasteiger partial charge on any atom is 0.290 e. The minimum atomic E-state index is -0.579. The fourth-order valence-corrected chi connectivity index (χ4v) is 5.63. The van der Waals surface area contributed by atoms with E-state index in [1.165, 1.54) is 6.26 Å². The molecule has 7 nitrogen and oxygen atoms in total. The Morgan fingerprint density at radius 1 is 1.19 bits per heavy atom. The average Bonchev–Trinajstić information content (AvgIpc) is 3.03. The Labute approximate surface area is 158 Å². The fraction of sp³-hybridized carbons (Fsp3) is 0.650. The quantitative estimate of drug-likeness (QED) is 0.871. The van der Waals surface area contributed by atoms with Crippen LogP contribution in [0.25, 0.3) is 0 Å². The molecule has 4 heterocycles. The fourth-order valence-electron chi connectivity index (χ4n) is 5.63. The number of nitrogens with two attached hydrogens (primary N) is 1. The predicted molar refractivity (Wildman–Crippen MR) is 95.1 cm³/mol. The Morgan fingerprint density at radius 3 is 2.56 bits per heavy atom. The number of nitriles is 1. The molecule has 3 aliphatic heterocycles. The molecule has 1 aliphatic carbocycles. The molecule has 1 aromatic heterocycles. The molecule has 0 radical (unpaired) electrons. The molecular formula is C20H24N4O3. The first-order chi connectivity index (χ1) is 13.1. The zero-order valence-corrected chi connectivity index (χ0v) is 15.2. The topological polar surface area (TPSA) is 104 Å². The highest BCUT2D eigenvalue weighted by atomic mass is 16.3. The Balaban J connectivity index is 1.29. The van der Waals surface area contributed by atoms with Crippen molar-refractivity contribution in [2.24, 2.45) is 17.6 Å². The molecule has 1 aromatic rings. The SMILES string of the molecule is N#C[C@@H]1C[C@@H]2C[C@@H]2N1C(=O)[C@@H](N)C1CC2CCC(C1)N2C(=O)c1ccco1. The first kappa shape index (κ1) is 16.8. The van der Waals surface area contributed by atoms with Gasteiger partial charge in [-0.3, -0.25) is 9.59 Å². The summed E-state index contributed by atoms with van der Waals surface area (Å²) in [5.41, 5.74) is 6.42. The number of piperidine rings is 2. The molecule has 27 heavy (non-hydrogen) atoms. The second kappa shape index (κ2) is 6.10. The summed E-state index contributed by atoms with van der Waals surface area (Å²) in [5, 5.41) is 9.36. The Hall–Kier alpha value is -2.33. The van der Waals surface area contributed by atoms with Crippen LogP contribution in [0.15, 0.2) is 22.8 Å². The highest BCUT2D eigenvalue weighted by molar-refractivity contribution is 5.92. The molecule has 142 valence electrons. The Morgan fingerprint density at radius 2 is 1.93 bits per heavy atom. The molecule has 4 aliphatic rings. The van der Waals surface area contributed by atoms with Crippen LogP contribution in [0.3, 0.4) is 0 Å². The van der Waals surface area contributed by atoms with E-state index in [2.05, 4.69) is 6.07 Å². The lowest BCUT2D eigenvalue weighted by molar-refractivity contribution is -0.135. The molecule has 5 rings (SSSR count). The first-order valence-electron chi connectivity index (χ1n) is 9.92. The van der Waals surface area contributed by atoms with Crippen molar-refractivity contribution >= 4 is 11.8 Å². The van der Waals surface area contributed by atoms with Crippen LogP contribution >= 0.6 is 0 Å². The highest BCUT2D eigenvalue weighted by Gasteiger charge is 2.56. The molecule has 2 bridgehead atoms. The van der Waals surface area contributed by atoms with Gasteiger partial charge in [0.25, 0.3) is 5.91 Å². The number of amides is 2. The van der Waals surface area contributed by atoms with Crippen LogP contribution in [0.4, 0.5) is 0 Å². The van der Waals surface area contributed by atoms with Gasteiger partial charge in [-0.15, -0.1) is 0 Å². The van der Waals surface area contributed by atoms with Crippen LogP contribution in [-0.4, -0.2) is 51.8 Å². The predicted octanol–water partition coefficient (Wildman–Crippen LogP) is 1.50. The maximum atomic E-state index is 13.0. The maximum absolute atomic E-state index is 13.0. The van der Waals surface area contributed by atoms with Gasteiger partial charge in [0.2, 0.25) is 5.91 Å². The highest BCUT2D eigenvalue weighted by Crippen LogP contribution is 2.48. The van der Waals surface area contributed by atoms with E-state index in [0.717, 1.165) is 38.5 Å². The van der Waals surface area contributed by atoms with E-state index in [9.17, 15) is 14.9 Å². The number of fused-ring (bicyclic) bond motifs is 3. The van der Waals surface area contributed by atoms with E-state index in [0.29, 0.717) is 11.7 Å². The summed E-state index contributed by atoms with van der Waals surface area (Å²) in [6.45, 7) is 0. The van der Waals surface area contributed by atoms with Gasteiger partial charge in [-0.05, 0) is 62.5 Å². The van der Waals surface area contributed by atoms with Crippen molar-refractivity contribution in [3.05, 3.63) is 24.2 Å². The van der Waals surface area contributed by atoms with E-state index in [4.69, 9.17) is 10.2 Å². The summed E-state index contributed by atoms with van der Waals surface area (Å²) in [6.07, 6.45) is 6.71. The molecule has 2 unspecified atom stereocenters. The van der Waals surface area contributed by atoms with Crippen molar-refractivity contribution in [1.29, 1.82) is 5.26 Å². The Bertz CT molecular complexity index is 787. The molecule has 7 heteroatoms. The van der Waals surface area contributed by atoms with E-state index < -0.39 is 6.04 Å². The van der Waals surface area contributed by atoms with Gasteiger partial charge in [-0.1, -0.05) is 0 Å². The molecular weight excluding hydrogens is 344 g/mol. The normalized spacial score (nSPS) is 37.6. The smallest absolute Gasteiger partial charge is 0.290 e. The van der Waals surface area contributed by atoms with Crippen molar-refractivity contribution in [3.63, 3.8) is 0 Å². The molecule has 2 N–H and O–H groups in total. The summed E-state index contributed by atoms with van der Waals surface area (Å²) in [6, 6.07) is 5.25. The number of nitrogens with zero attached hydrogens (tertiary/aromatic N) is 3. The summed E-state index contributed by atoms with van der Waals surface area (Å²) in [7, 11) is 0. The molecule has 4 fully saturated rings. The van der Waals surface area contributed by atoms with Crippen LogP contribution in [0.5, 0.6) is 0 Å². The molecule has 0 aromatic carbocycles. The standard InChI is InChI=1S/C20H24N4O3/c21-10-15-6-11-9-16(11)24(15)20(26)18(22)12-7-13-3-4-14(8-12)23(13)19(25)17-2-1-5-27-17/h1-2,5,11-16,18H,3-4,6-9,22H2/t11-,12?,13?,14?,15+,16+,18+/m1/s1. The van der Waals surface area contributed by atoms with E-state index in [-0.39, 0.29) is 41.9 Å². The van der Waals surface area contributed by atoms with Crippen LogP contribution in [0.2, 0.25) is 0 Å². The van der Waals surface area contributed by atoms with Gasteiger partial charge in [0.1, 0.15) is 6.04 Å². The lowest BCUT2D eigenvalue weighted by Crippen LogP contribution is -2.55. The van der Waals surface area contributed by atoms with Gasteiger partial charge < -0.3 is 20.0 Å². The number of furan rings is 1. The largest absolute Gasteiger partial charge is 0.459 e.